The highest BCUT2D eigenvalue weighted by Crippen LogP contribution is 2.25. The molecule has 0 aliphatic heterocycles. The fourth-order valence-electron chi connectivity index (χ4n) is 1.86. The lowest BCUT2D eigenvalue weighted by Gasteiger charge is -2.11. The topological polar surface area (TPSA) is 73.2 Å². The first kappa shape index (κ1) is 17.1. The fourth-order valence-corrected chi connectivity index (χ4v) is 2.94. The Bertz CT molecular complexity index is 706. The van der Waals surface area contributed by atoms with Gasteiger partial charge in [0, 0.05) is 24.0 Å². The molecule has 0 aliphatic rings. The van der Waals surface area contributed by atoms with Gasteiger partial charge in [-0.25, -0.2) is 0 Å². The summed E-state index contributed by atoms with van der Waals surface area (Å²) in [6.45, 7) is -2.99. The highest BCUT2D eigenvalue weighted by Gasteiger charge is 2.14. The number of carbonyl (C=O) groups excluding carboxylic acids is 1. The number of rotatable bonds is 7. The first-order valence-electron chi connectivity index (χ1n) is 6.61. The summed E-state index contributed by atoms with van der Waals surface area (Å²) >= 11 is 0. The number of alkyl halides is 2. The molecule has 0 fully saturated rings. The molecule has 1 heterocycles. The number of halogens is 2. The molecular weight excluding hydrogens is 328 g/mol. The molecule has 1 aromatic carbocycles. The van der Waals surface area contributed by atoms with E-state index >= 15 is 0 Å². The molecule has 1 atom stereocenters. The van der Waals surface area contributed by atoms with Crippen LogP contribution in [0.1, 0.15) is 5.69 Å². The minimum atomic E-state index is -2.99. The van der Waals surface area contributed by atoms with Crippen LogP contribution in [0.5, 0.6) is 5.75 Å². The van der Waals surface area contributed by atoms with Gasteiger partial charge in [0.1, 0.15) is 11.5 Å². The second-order valence-electron chi connectivity index (χ2n) is 4.60. The van der Waals surface area contributed by atoms with Crippen LogP contribution in [0.4, 0.5) is 14.5 Å². The van der Waals surface area contributed by atoms with Gasteiger partial charge < -0.3 is 10.1 Å². The number of anilines is 1. The van der Waals surface area contributed by atoms with E-state index in [0.29, 0.717) is 0 Å². The number of amides is 1. The lowest BCUT2D eigenvalue weighted by atomic mass is 10.3. The van der Waals surface area contributed by atoms with Crippen molar-refractivity contribution in [1.29, 1.82) is 0 Å². The number of aryl methyl sites for hydroxylation is 1. The van der Waals surface area contributed by atoms with E-state index in [9.17, 15) is 17.8 Å². The number of nitrogens with one attached hydrogen (secondary N) is 1. The van der Waals surface area contributed by atoms with E-state index in [4.69, 9.17) is 0 Å². The van der Waals surface area contributed by atoms with E-state index in [1.54, 1.807) is 30.1 Å². The molecule has 0 saturated heterocycles. The van der Waals surface area contributed by atoms with E-state index in [1.807, 2.05) is 0 Å². The average Bonchev–Trinajstić information content (AvgIpc) is 2.85. The lowest BCUT2D eigenvalue weighted by molar-refractivity contribution is -0.113. The number of benzene rings is 1. The zero-order valence-corrected chi connectivity index (χ0v) is 13.1. The highest BCUT2D eigenvalue weighted by atomic mass is 32.2. The maximum Gasteiger partial charge on any atom is 0.387 e. The summed E-state index contributed by atoms with van der Waals surface area (Å²) in [6.07, 6.45) is 1.57. The van der Waals surface area contributed by atoms with E-state index in [-0.39, 0.29) is 22.9 Å². The molecule has 1 aromatic heterocycles. The number of carbonyl (C=O) groups is 1. The summed E-state index contributed by atoms with van der Waals surface area (Å²) in [6, 6.07) is 7.53. The molecule has 9 heteroatoms. The van der Waals surface area contributed by atoms with Crippen LogP contribution in [0, 0.1) is 0 Å². The molecule has 1 amide bonds. The molecule has 0 bridgehead atoms. The summed E-state index contributed by atoms with van der Waals surface area (Å²) in [5, 5.41) is 6.38. The minimum absolute atomic E-state index is 0.107. The maximum atomic E-state index is 12.3. The molecule has 0 unspecified atom stereocenters. The third-order valence-corrected chi connectivity index (χ3v) is 4.10. The first-order valence-corrected chi connectivity index (χ1v) is 8.10. The minimum Gasteiger partial charge on any atom is -0.433 e. The van der Waals surface area contributed by atoms with Crippen molar-refractivity contribution in [3.05, 3.63) is 42.2 Å². The van der Waals surface area contributed by atoms with Crippen molar-refractivity contribution >= 4 is 22.4 Å². The van der Waals surface area contributed by atoms with Crippen LogP contribution < -0.4 is 10.1 Å². The summed E-state index contributed by atoms with van der Waals surface area (Å²) in [5.41, 5.74) is 0.841. The van der Waals surface area contributed by atoms with Crippen LogP contribution in [0.2, 0.25) is 0 Å². The SMILES string of the molecule is Cn1nccc1C[S@@](=O)CC(=O)Nc1ccccc1OC(F)F. The van der Waals surface area contributed by atoms with Crippen LogP contribution in [0.25, 0.3) is 0 Å². The van der Waals surface area contributed by atoms with Gasteiger partial charge in [0.2, 0.25) is 5.91 Å². The van der Waals surface area contributed by atoms with Gasteiger partial charge in [-0.05, 0) is 18.2 Å². The lowest BCUT2D eigenvalue weighted by Crippen LogP contribution is -2.21. The second-order valence-corrected chi connectivity index (χ2v) is 6.05. The zero-order chi connectivity index (χ0) is 16.8. The largest absolute Gasteiger partial charge is 0.433 e. The van der Waals surface area contributed by atoms with Crippen molar-refractivity contribution in [3.8, 4) is 5.75 Å². The Labute approximate surface area is 133 Å². The summed E-state index contributed by atoms with van der Waals surface area (Å²) < 4.78 is 42.5. The number of hydrogen-bond acceptors (Lipinski definition) is 4. The van der Waals surface area contributed by atoms with Crippen LogP contribution in [-0.4, -0.2) is 32.3 Å². The molecule has 0 aliphatic carbocycles. The summed E-state index contributed by atoms with van der Waals surface area (Å²) in [5.74, 6) is -0.767. The molecular formula is C14H15F2N3O3S. The maximum absolute atomic E-state index is 12.3. The molecule has 0 radical (unpaired) electrons. The van der Waals surface area contributed by atoms with Crippen LogP contribution in [0.15, 0.2) is 36.5 Å². The smallest absolute Gasteiger partial charge is 0.387 e. The van der Waals surface area contributed by atoms with Gasteiger partial charge in [-0.15, -0.1) is 0 Å². The predicted molar refractivity (Wildman–Crippen MR) is 81.6 cm³/mol. The number of hydrogen-bond donors (Lipinski definition) is 1. The quantitative estimate of drug-likeness (QED) is 0.833. The normalized spacial score (nSPS) is 12.2. The molecule has 124 valence electrons. The predicted octanol–water partition coefficient (Wildman–Crippen LogP) is 1.91. The van der Waals surface area contributed by atoms with Crippen molar-refractivity contribution in [1.82, 2.24) is 9.78 Å². The van der Waals surface area contributed by atoms with Crippen molar-refractivity contribution in [2.45, 2.75) is 12.4 Å². The molecule has 0 saturated carbocycles. The second kappa shape index (κ2) is 7.82. The van der Waals surface area contributed by atoms with Gasteiger partial charge in [0.25, 0.3) is 0 Å². The monoisotopic (exact) mass is 343 g/mol. The Morgan fingerprint density at radius 2 is 2.13 bits per heavy atom. The third-order valence-electron chi connectivity index (χ3n) is 2.90. The standard InChI is InChI=1S/C14H15F2N3O3S/c1-19-10(6-7-17-19)8-23(21)9-13(20)18-11-4-2-3-5-12(11)22-14(15)16/h2-7,14H,8-9H2,1H3,(H,18,20)/t23-/m1/s1. The van der Waals surface area contributed by atoms with Gasteiger partial charge >= 0.3 is 6.61 Å². The molecule has 2 rings (SSSR count). The Balaban J connectivity index is 1.94. The molecule has 2 aromatic rings. The fraction of sp³-hybridized carbons (Fsp3) is 0.286. The van der Waals surface area contributed by atoms with Crippen LogP contribution >= 0.6 is 0 Å². The van der Waals surface area contributed by atoms with Gasteiger partial charge in [0.15, 0.2) is 0 Å². The molecule has 6 nitrogen and oxygen atoms in total. The van der Waals surface area contributed by atoms with E-state index < -0.39 is 23.3 Å². The molecule has 0 spiro atoms. The number of ether oxygens (including phenoxy) is 1. The molecule has 23 heavy (non-hydrogen) atoms. The number of nitrogens with zero attached hydrogens (tertiary/aromatic N) is 2. The third kappa shape index (κ3) is 5.13. The summed E-state index contributed by atoms with van der Waals surface area (Å²) in [7, 11) is 0.270. The number of para-hydroxylation sites is 2. The Morgan fingerprint density at radius 1 is 1.39 bits per heavy atom. The van der Waals surface area contributed by atoms with E-state index in [2.05, 4.69) is 15.2 Å². The Hall–Kier alpha value is -2.29. The van der Waals surface area contributed by atoms with Crippen LogP contribution in [-0.2, 0) is 28.4 Å². The number of aromatic nitrogens is 2. The van der Waals surface area contributed by atoms with Crippen molar-refractivity contribution in [2.24, 2.45) is 7.05 Å². The van der Waals surface area contributed by atoms with Gasteiger partial charge in [-0.2, -0.15) is 13.9 Å². The van der Waals surface area contributed by atoms with Crippen LogP contribution in [0.3, 0.4) is 0 Å². The summed E-state index contributed by atoms with van der Waals surface area (Å²) in [4.78, 5) is 11.9. The van der Waals surface area contributed by atoms with Crippen molar-refractivity contribution in [3.63, 3.8) is 0 Å². The Kier molecular flexibility index (Phi) is 5.80. The first-order chi connectivity index (χ1) is 11.0. The van der Waals surface area contributed by atoms with E-state index in [0.717, 1.165) is 5.69 Å². The van der Waals surface area contributed by atoms with Gasteiger partial charge in [-0.1, -0.05) is 12.1 Å². The molecule has 1 N–H and O–H groups in total. The van der Waals surface area contributed by atoms with Gasteiger partial charge in [-0.3, -0.25) is 13.7 Å². The van der Waals surface area contributed by atoms with E-state index in [1.165, 1.54) is 18.2 Å². The van der Waals surface area contributed by atoms with Crippen molar-refractivity contribution in [2.75, 3.05) is 11.1 Å². The zero-order valence-electron chi connectivity index (χ0n) is 12.2. The van der Waals surface area contributed by atoms with Crippen molar-refractivity contribution < 1.29 is 22.5 Å². The Morgan fingerprint density at radius 3 is 2.78 bits per heavy atom. The van der Waals surface area contributed by atoms with Gasteiger partial charge in [0.05, 0.1) is 17.1 Å². The highest BCUT2D eigenvalue weighted by molar-refractivity contribution is 7.84. The average molecular weight is 343 g/mol.